The summed E-state index contributed by atoms with van der Waals surface area (Å²) in [6, 6.07) is 0. The molecule has 94 valence electrons. The highest BCUT2D eigenvalue weighted by atomic mass is 19.3. The fourth-order valence-electron chi connectivity index (χ4n) is 0.892. The van der Waals surface area contributed by atoms with Crippen LogP contribution in [0.15, 0.2) is 0 Å². The van der Waals surface area contributed by atoms with Gasteiger partial charge >= 0.3 is 6.11 Å². The number of hydrogen-bond donors (Lipinski definition) is 2. The van der Waals surface area contributed by atoms with Gasteiger partial charge in [0, 0.05) is 6.61 Å². The molecule has 5 heteroatoms. The van der Waals surface area contributed by atoms with Crippen LogP contribution in [0.3, 0.4) is 0 Å². The molecule has 0 aromatic heterocycles. The predicted octanol–water partition coefficient (Wildman–Crippen LogP) is 2.88. The lowest BCUT2D eigenvalue weighted by Gasteiger charge is -1.97. The van der Waals surface area contributed by atoms with Gasteiger partial charge in [0.05, 0.1) is 0 Å². The van der Waals surface area contributed by atoms with Crippen molar-refractivity contribution in [2.24, 2.45) is 0 Å². The summed E-state index contributed by atoms with van der Waals surface area (Å²) in [6.45, 7) is 0.575. The Labute approximate surface area is 89.1 Å². The fourth-order valence-corrected chi connectivity index (χ4v) is 0.892. The van der Waals surface area contributed by atoms with Crippen LogP contribution in [0.4, 0.5) is 13.2 Å². The quantitative estimate of drug-likeness (QED) is 0.660. The van der Waals surface area contributed by atoms with Gasteiger partial charge in [-0.3, -0.25) is 0 Å². The van der Waals surface area contributed by atoms with Crippen molar-refractivity contribution in [2.75, 3.05) is 13.3 Å². The first-order valence-corrected chi connectivity index (χ1v) is 5.25. The Morgan fingerprint density at radius 3 is 1.73 bits per heavy atom. The maximum atomic E-state index is 10.6. The Hall–Kier alpha value is -0.290. The average molecular weight is 230 g/mol. The molecule has 0 aliphatic rings. The molecule has 0 radical (unpaired) electrons. The molecule has 0 unspecified atom stereocenters. The molecule has 0 amide bonds. The Balaban J connectivity index is 0. The molecule has 0 aliphatic carbocycles. The SMILES string of the molecule is CCCCCCCCO.OC(F)(F)CF. The molecule has 0 saturated heterocycles. The molecule has 0 atom stereocenters. The highest BCUT2D eigenvalue weighted by Gasteiger charge is 2.22. The summed E-state index contributed by atoms with van der Waals surface area (Å²) in [6.07, 6.45) is 3.37. The Bertz CT molecular complexity index is 110. The molecule has 2 N–H and O–H groups in total. The van der Waals surface area contributed by atoms with E-state index >= 15 is 0 Å². The summed E-state index contributed by atoms with van der Waals surface area (Å²) in [5.41, 5.74) is 0. The van der Waals surface area contributed by atoms with E-state index in [4.69, 9.17) is 10.2 Å². The fraction of sp³-hybridized carbons (Fsp3) is 1.00. The van der Waals surface area contributed by atoms with E-state index in [1.807, 2.05) is 0 Å². The smallest absolute Gasteiger partial charge is 0.381 e. The zero-order chi connectivity index (χ0) is 12.2. The predicted molar refractivity (Wildman–Crippen MR) is 53.6 cm³/mol. The van der Waals surface area contributed by atoms with Crippen molar-refractivity contribution in [3.05, 3.63) is 0 Å². The van der Waals surface area contributed by atoms with Crippen molar-refractivity contribution in [3.63, 3.8) is 0 Å². The Kier molecular flexibility index (Phi) is 13.4. The van der Waals surface area contributed by atoms with Crippen molar-refractivity contribution >= 4 is 0 Å². The number of alkyl halides is 3. The number of aliphatic hydroxyl groups is 2. The molecule has 0 fully saturated rings. The minimum Gasteiger partial charge on any atom is -0.396 e. The zero-order valence-corrected chi connectivity index (χ0v) is 9.19. The number of hydrogen-bond acceptors (Lipinski definition) is 2. The summed E-state index contributed by atoms with van der Waals surface area (Å²) in [5, 5.41) is 15.5. The van der Waals surface area contributed by atoms with Crippen LogP contribution in [-0.4, -0.2) is 29.6 Å². The molecule has 2 nitrogen and oxygen atoms in total. The van der Waals surface area contributed by atoms with Crippen molar-refractivity contribution in [3.8, 4) is 0 Å². The van der Waals surface area contributed by atoms with Crippen LogP contribution < -0.4 is 0 Å². The van der Waals surface area contributed by atoms with Gasteiger partial charge < -0.3 is 10.2 Å². The van der Waals surface area contributed by atoms with Gasteiger partial charge in [-0.2, -0.15) is 8.78 Å². The lowest BCUT2D eigenvalue weighted by molar-refractivity contribution is -0.208. The summed E-state index contributed by atoms with van der Waals surface area (Å²) in [7, 11) is 0. The summed E-state index contributed by atoms with van der Waals surface area (Å²) in [5.74, 6) is 0. The van der Waals surface area contributed by atoms with Crippen LogP contribution in [0.1, 0.15) is 45.4 Å². The molecular formula is C10H21F3O2. The molecule has 0 heterocycles. The van der Waals surface area contributed by atoms with Crippen LogP contribution >= 0.6 is 0 Å². The lowest BCUT2D eigenvalue weighted by atomic mass is 10.1. The van der Waals surface area contributed by atoms with E-state index in [1.165, 1.54) is 32.1 Å². The third-order valence-corrected chi connectivity index (χ3v) is 1.67. The monoisotopic (exact) mass is 230 g/mol. The van der Waals surface area contributed by atoms with Crippen molar-refractivity contribution in [2.45, 2.75) is 51.6 Å². The third-order valence-electron chi connectivity index (χ3n) is 1.67. The standard InChI is InChI=1S/C8H18O.C2H3F3O/c1-2-3-4-5-6-7-8-9;3-1-2(4,5)6/h9H,2-8H2,1H3;6H,1H2. The second kappa shape index (κ2) is 11.8. The molecule has 0 aliphatic heterocycles. The van der Waals surface area contributed by atoms with E-state index in [1.54, 1.807) is 0 Å². The van der Waals surface area contributed by atoms with E-state index < -0.39 is 12.8 Å². The number of rotatable bonds is 7. The molecule has 0 aromatic rings. The van der Waals surface area contributed by atoms with Gasteiger partial charge in [0.2, 0.25) is 0 Å². The summed E-state index contributed by atoms with van der Waals surface area (Å²) in [4.78, 5) is 0. The maximum Gasteiger partial charge on any atom is 0.381 e. The first-order chi connectivity index (χ1) is 6.97. The van der Waals surface area contributed by atoms with Gasteiger partial charge in [-0.15, -0.1) is 0 Å². The van der Waals surface area contributed by atoms with Crippen molar-refractivity contribution in [1.29, 1.82) is 0 Å². The molecular weight excluding hydrogens is 209 g/mol. The van der Waals surface area contributed by atoms with Crippen LogP contribution in [-0.2, 0) is 0 Å². The normalized spacial score (nSPS) is 10.8. The highest BCUT2D eigenvalue weighted by molar-refractivity contribution is 4.41. The number of unbranched alkanes of at least 4 members (excludes halogenated alkanes) is 5. The van der Waals surface area contributed by atoms with Gasteiger partial charge in [-0.1, -0.05) is 39.0 Å². The number of aliphatic hydroxyl groups excluding tert-OH is 1. The maximum absolute atomic E-state index is 10.6. The summed E-state index contributed by atoms with van der Waals surface area (Å²) < 4.78 is 31.8. The summed E-state index contributed by atoms with van der Waals surface area (Å²) >= 11 is 0. The molecule has 0 bridgehead atoms. The molecule has 0 rings (SSSR count). The van der Waals surface area contributed by atoms with E-state index in [9.17, 15) is 13.2 Å². The van der Waals surface area contributed by atoms with E-state index in [0.29, 0.717) is 6.61 Å². The van der Waals surface area contributed by atoms with E-state index in [0.717, 1.165) is 6.42 Å². The lowest BCUT2D eigenvalue weighted by Crippen LogP contribution is -2.15. The van der Waals surface area contributed by atoms with Crippen molar-refractivity contribution < 1.29 is 23.4 Å². The topological polar surface area (TPSA) is 40.5 Å². The van der Waals surface area contributed by atoms with Crippen molar-refractivity contribution in [1.82, 2.24) is 0 Å². The second-order valence-corrected chi connectivity index (χ2v) is 3.29. The second-order valence-electron chi connectivity index (χ2n) is 3.29. The third kappa shape index (κ3) is 24.8. The number of halogens is 3. The molecule has 0 spiro atoms. The molecule has 0 aromatic carbocycles. The highest BCUT2D eigenvalue weighted by Crippen LogP contribution is 2.06. The Morgan fingerprint density at radius 1 is 1.00 bits per heavy atom. The minimum absolute atomic E-state index is 0.367. The first kappa shape index (κ1) is 17.1. The van der Waals surface area contributed by atoms with Gasteiger partial charge in [0.1, 0.15) is 0 Å². The molecule has 15 heavy (non-hydrogen) atoms. The van der Waals surface area contributed by atoms with Gasteiger partial charge in [0.25, 0.3) is 0 Å². The van der Waals surface area contributed by atoms with Gasteiger partial charge in [-0.05, 0) is 6.42 Å². The first-order valence-electron chi connectivity index (χ1n) is 5.25. The van der Waals surface area contributed by atoms with Crippen LogP contribution in [0.2, 0.25) is 0 Å². The van der Waals surface area contributed by atoms with Crippen LogP contribution in [0.25, 0.3) is 0 Å². The largest absolute Gasteiger partial charge is 0.396 e. The molecule has 0 saturated carbocycles. The van der Waals surface area contributed by atoms with Gasteiger partial charge in [0.15, 0.2) is 6.67 Å². The van der Waals surface area contributed by atoms with Crippen LogP contribution in [0, 0.1) is 0 Å². The van der Waals surface area contributed by atoms with E-state index in [-0.39, 0.29) is 0 Å². The Morgan fingerprint density at radius 2 is 1.40 bits per heavy atom. The van der Waals surface area contributed by atoms with Crippen LogP contribution in [0.5, 0.6) is 0 Å². The average Bonchev–Trinajstić information content (AvgIpc) is 2.18. The minimum atomic E-state index is -4.12. The zero-order valence-electron chi connectivity index (χ0n) is 9.19. The van der Waals surface area contributed by atoms with E-state index in [2.05, 4.69) is 6.92 Å². The van der Waals surface area contributed by atoms with Gasteiger partial charge in [-0.25, -0.2) is 4.39 Å².